The van der Waals surface area contributed by atoms with Crippen LogP contribution in [-0.2, 0) is 13.6 Å². The van der Waals surface area contributed by atoms with Gasteiger partial charge in [-0.3, -0.25) is 4.68 Å². The monoisotopic (exact) mass is 242 g/mol. The van der Waals surface area contributed by atoms with Crippen LogP contribution in [0.15, 0.2) is 36.7 Å². The number of aryl methyl sites for hydroxylation is 1. The molecule has 5 heteroatoms. The third-order valence-corrected chi connectivity index (χ3v) is 2.39. The number of anilines is 1. The Balaban J connectivity index is 1.95. The molecule has 0 fully saturated rings. The van der Waals surface area contributed by atoms with Crippen LogP contribution in [0.4, 0.5) is 5.69 Å². The lowest BCUT2D eigenvalue weighted by Gasteiger charge is -2.07. The van der Waals surface area contributed by atoms with Crippen LogP contribution < -0.4 is 10.1 Å². The predicted molar refractivity (Wildman–Crippen MR) is 68.1 cm³/mol. The molecule has 1 N–H and O–H groups in total. The quantitative estimate of drug-likeness (QED) is 0.870. The molecule has 1 heterocycles. The van der Waals surface area contributed by atoms with Gasteiger partial charge in [-0.15, -0.1) is 0 Å². The highest BCUT2D eigenvalue weighted by Gasteiger charge is 1.98. The lowest BCUT2D eigenvalue weighted by Crippen LogP contribution is -1.99. The molecule has 92 valence electrons. The average molecular weight is 242 g/mol. The molecule has 0 aliphatic rings. The lowest BCUT2D eigenvalue weighted by atomic mass is 10.3. The number of hydrogen-bond acceptors (Lipinski definition) is 4. The number of nitriles is 1. The smallest absolute Gasteiger partial charge is 0.174 e. The molecule has 5 nitrogen and oxygen atoms in total. The Bertz CT molecular complexity index is 556. The second kappa shape index (κ2) is 5.73. The first-order valence-corrected chi connectivity index (χ1v) is 5.59. The van der Waals surface area contributed by atoms with Crippen LogP contribution in [0.2, 0.25) is 0 Å². The van der Waals surface area contributed by atoms with Crippen LogP contribution in [0.1, 0.15) is 5.56 Å². The van der Waals surface area contributed by atoms with Gasteiger partial charge in [0.05, 0.1) is 6.20 Å². The number of rotatable bonds is 5. The lowest BCUT2D eigenvalue weighted by molar-refractivity contribution is 0.368. The first kappa shape index (κ1) is 12.0. The van der Waals surface area contributed by atoms with Crippen molar-refractivity contribution in [2.75, 3.05) is 11.9 Å². The molecule has 1 aromatic carbocycles. The van der Waals surface area contributed by atoms with Gasteiger partial charge in [-0.25, -0.2) is 0 Å². The van der Waals surface area contributed by atoms with Gasteiger partial charge in [-0.2, -0.15) is 10.4 Å². The van der Waals surface area contributed by atoms with E-state index in [1.165, 1.54) is 0 Å². The van der Waals surface area contributed by atoms with Crippen LogP contribution in [0.3, 0.4) is 0 Å². The van der Waals surface area contributed by atoms with Crippen LogP contribution in [0.5, 0.6) is 5.75 Å². The summed E-state index contributed by atoms with van der Waals surface area (Å²) in [7, 11) is 1.89. The van der Waals surface area contributed by atoms with Crippen molar-refractivity contribution in [2.45, 2.75) is 6.54 Å². The molecule has 0 unspecified atom stereocenters. The van der Waals surface area contributed by atoms with E-state index in [-0.39, 0.29) is 6.61 Å². The molecule has 1 aromatic heterocycles. The zero-order valence-corrected chi connectivity index (χ0v) is 10.1. The SMILES string of the molecule is Cn1cc(CNc2cccc(OCC#N)c2)cn1. The number of nitrogens with zero attached hydrogens (tertiary/aromatic N) is 3. The van der Waals surface area contributed by atoms with Gasteiger partial charge in [0.2, 0.25) is 0 Å². The second-order valence-corrected chi connectivity index (χ2v) is 3.85. The maximum absolute atomic E-state index is 8.45. The standard InChI is InChI=1S/C13H14N4O/c1-17-10-11(9-16-17)8-15-12-3-2-4-13(7-12)18-6-5-14/h2-4,7,9-10,15H,6,8H2,1H3. The topological polar surface area (TPSA) is 62.9 Å². The molecule has 2 aromatic rings. The van der Waals surface area contributed by atoms with E-state index in [9.17, 15) is 0 Å². The molecule has 2 rings (SSSR count). The Kier molecular flexibility index (Phi) is 3.82. The highest BCUT2D eigenvalue weighted by atomic mass is 16.5. The molecule has 0 saturated carbocycles. The molecule has 18 heavy (non-hydrogen) atoms. The fraction of sp³-hybridized carbons (Fsp3) is 0.231. The van der Waals surface area contributed by atoms with E-state index in [4.69, 9.17) is 10.00 Å². The largest absolute Gasteiger partial charge is 0.479 e. The van der Waals surface area contributed by atoms with Crippen LogP contribution in [0, 0.1) is 11.3 Å². The van der Waals surface area contributed by atoms with Crippen LogP contribution >= 0.6 is 0 Å². The van der Waals surface area contributed by atoms with E-state index in [0.29, 0.717) is 12.3 Å². The van der Waals surface area contributed by atoms with Gasteiger partial charge in [-0.1, -0.05) is 6.07 Å². The van der Waals surface area contributed by atoms with Crippen molar-refractivity contribution in [1.29, 1.82) is 5.26 Å². The van der Waals surface area contributed by atoms with E-state index in [1.807, 2.05) is 49.8 Å². The van der Waals surface area contributed by atoms with E-state index < -0.39 is 0 Å². The number of nitrogens with one attached hydrogen (secondary N) is 1. The van der Waals surface area contributed by atoms with Crippen molar-refractivity contribution in [1.82, 2.24) is 9.78 Å². The van der Waals surface area contributed by atoms with Crippen molar-refractivity contribution < 1.29 is 4.74 Å². The third-order valence-electron chi connectivity index (χ3n) is 2.39. The summed E-state index contributed by atoms with van der Waals surface area (Å²) in [6.07, 6.45) is 3.78. The van der Waals surface area contributed by atoms with Gasteiger partial charge in [0.25, 0.3) is 0 Å². The normalized spacial score (nSPS) is 9.78. The molecule has 0 aliphatic heterocycles. The van der Waals surface area contributed by atoms with Crippen molar-refractivity contribution in [3.63, 3.8) is 0 Å². The maximum Gasteiger partial charge on any atom is 0.174 e. The maximum atomic E-state index is 8.45. The predicted octanol–water partition coefficient (Wildman–Crippen LogP) is 1.93. The van der Waals surface area contributed by atoms with Gasteiger partial charge in [0.15, 0.2) is 6.61 Å². The number of ether oxygens (including phenoxy) is 1. The summed E-state index contributed by atoms with van der Waals surface area (Å²) in [4.78, 5) is 0. The van der Waals surface area contributed by atoms with E-state index in [1.54, 1.807) is 4.68 Å². The minimum absolute atomic E-state index is 0.0616. The van der Waals surface area contributed by atoms with Gasteiger partial charge < -0.3 is 10.1 Å². The molecule has 0 atom stereocenters. The summed E-state index contributed by atoms with van der Waals surface area (Å²) in [5.41, 5.74) is 2.06. The van der Waals surface area contributed by atoms with Gasteiger partial charge in [0.1, 0.15) is 11.8 Å². The summed E-state index contributed by atoms with van der Waals surface area (Å²) >= 11 is 0. The Hall–Kier alpha value is -2.48. The third kappa shape index (κ3) is 3.25. The summed E-state index contributed by atoms with van der Waals surface area (Å²) < 4.78 is 7.00. The molecule has 0 radical (unpaired) electrons. The van der Waals surface area contributed by atoms with Crippen molar-refractivity contribution in [3.8, 4) is 11.8 Å². The first-order chi connectivity index (χ1) is 8.78. The van der Waals surface area contributed by atoms with Gasteiger partial charge >= 0.3 is 0 Å². The number of benzene rings is 1. The Labute approximate surface area is 106 Å². The van der Waals surface area contributed by atoms with Crippen molar-refractivity contribution in [2.24, 2.45) is 7.05 Å². The Morgan fingerprint density at radius 3 is 3.11 bits per heavy atom. The van der Waals surface area contributed by atoms with Gasteiger partial charge in [-0.05, 0) is 12.1 Å². The summed E-state index contributed by atoms with van der Waals surface area (Å²) in [6.45, 7) is 0.765. The highest BCUT2D eigenvalue weighted by molar-refractivity contribution is 5.48. The molecule has 0 amide bonds. The zero-order valence-electron chi connectivity index (χ0n) is 10.1. The minimum atomic E-state index is 0.0616. The highest BCUT2D eigenvalue weighted by Crippen LogP contribution is 2.17. The van der Waals surface area contributed by atoms with E-state index >= 15 is 0 Å². The molecule has 0 saturated heterocycles. The van der Waals surface area contributed by atoms with E-state index in [2.05, 4.69) is 10.4 Å². The second-order valence-electron chi connectivity index (χ2n) is 3.85. The zero-order chi connectivity index (χ0) is 12.8. The summed E-state index contributed by atoms with van der Waals surface area (Å²) in [5, 5.41) is 15.8. The van der Waals surface area contributed by atoms with E-state index in [0.717, 1.165) is 11.3 Å². The van der Waals surface area contributed by atoms with Crippen molar-refractivity contribution >= 4 is 5.69 Å². The van der Waals surface area contributed by atoms with Gasteiger partial charge in [0, 0.05) is 37.1 Å². The minimum Gasteiger partial charge on any atom is -0.479 e. The molecule has 0 spiro atoms. The average Bonchev–Trinajstić information content (AvgIpc) is 2.80. The number of aromatic nitrogens is 2. The Morgan fingerprint density at radius 2 is 2.39 bits per heavy atom. The van der Waals surface area contributed by atoms with Crippen LogP contribution in [-0.4, -0.2) is 16.4 Å². The Morgan fingerprint density at radius 1 is 1.50 bits per heavy atom. The fourth-order valence-electron chi connectivity index (χ4n) is 1.58. The summed E-state index contributed by atoms with van der Waals surface area (Å²) in [6, 6.07) is 9.48. The molecule has 0 bridgehead atoms. The number of hydrogen-bond donors (Lipinski definition) is 1. The summed E-state index contributed by atoms with van der Waals surface area (Å²) in [5.74, 6) is 0.688. The molecule has 0 aliphatic carbocycles. The molecular formula is C13H14N4O. The molecular weight excluding hydrogens is 228 g/mol. The fourth-order valence-corrected chi connectivity index (χ4v) is 1.58. The van der Waals surface area contributed by atoms with Crippen molar-refractivity contribution in [3.05, 3.63) is 42.2 Å². The van der Waals surface area contributed by atoms with Crippen LogP contribution in [0.25, 0.3) is 0 Å². The first-order valence-electron chi connectivity index (χ1n) is 5.59.